The van der Waals surface area contributed by atoms with E-state index in [1.54, 1.807) is 0 Å². The topological polar surface area (TPSA) is 184 Å². The molecule has 0 atom stereocenters. The first-order valence-corrected chi connectivity index (χ1v) is 14.4. The molecule has 0 spiro atoms. The molecular formula is C27H46N2O14. The molecule has 0 bridgehead atoms. The number of amides is 3. The number of aldehydes is 1. The fourth-order valence-corrected chi connectivity index (χ4v) is 3.14. The van der Waals surface area contributed by atoms with Gasteiger partial charge in [0.1, 0.15) is 6.29 Å². The van der Waals surface area contributed by atoms with Gasteiger partial charge in [-0.05, 0) is 0 Å². The molecule has 0 aromatic heterocycles. The van der Waals surface area contributed by atoms with Crippen molar-refractivity contribution in [2.24, 2.45) is 0 Å². The molecule has 43 heavy (non-hydrogen) atoms. The lowest BCUT2D eigenvalue weighted by molar-refractivity contribution is -0.198. The molecule has 0 aromatic rings. The zero-order valence-corrected chi connectivity index (χ0v) is 24.8. The molecule has 16 heteroatoms. The van der Waals surface area contributed by atoms with Crippen LogP contribution in [0.3, 0.4) is 0 Å². The molecule has 248 valence electrons. The minimum Gasteiger partial charge on any atom is -0.378 e. The predicted octanol–water partition coefficient (Wildman–Crippen LogP) is -0.788. The average molecular weight is 623 g/mol. The van der Waals surface area contributed by atoms with E-state index in [1.807, 2.05) is 0 Å². The van der Waals surface area contributed by atoms with Gasteiger partial charge in [-0.25, -0.2) is 4.79 Å². The summed E-state index contributed by atoms with van der Waals surface area (Å²) in [6.07, 6.45) is 1.17. The van der Waals surface area contributed by atoms with Crippen LogP contribution in [0.4, 0.5) is 0 Å². The Bertz CT molecular complexity index is 754. The first kappa shape index (κ1) is 38.5. The Morgan fingerprint density at radius 1 is 0.581 bits per heavy atom. The van der Waals surface area contributed by atoms with Crippen LogP contribution in [0.25, 0.3) is 0 Å². The summed E-state index contributed by atoms with van der Waals surface area (Å²) in [5, 5.41) is 3.17. The number of ether oxygens (including phenoxy) is 8. The van der Waals surface area contributed by atoms with E-state index >= 15 is 0 Å². The smallest absolute Gasteiger partial charge is 0.335 e. The van der Waals surface area contributed by atoms with Crippen molar-refractivity contribution in [3.05, 3.63) is 0 Å². The molecule has 16 nitrogen and oxygen atoms in total. The number of imide groups is 1. The minimum atomic E-state index is -0.704. The third-order valence-corrected chi connectivity index (χ3v) is 5.31. The summed E-state index contributed by atoms with van der Waals surface area (Å²) in [4.78, 5) is 60.6. The van der Waals surface area contributed by atoms with E-state index < -0.39 is 17.8 Å². The van der Waals surface area contributed by atoms with Crippen LogP contribution in [0.15, 0.2) is 0 Å². The summed E-state index contributed by atoms with van der Waals surface area (Å²) in [5.41, 5.74) is 0. The average Bonchev–Trinajstić information content (AvgIpc) is 3.31. The Hall–Kier alpha value is -2.57. The second-order valence-corrected chi connectivity index (χ2v) is 8.75. The molecule has 1 aliphatic heterocycles. The largest absolute Gasteiger partial charge is 0.378 e. The fourth-order valence-electron chi connectivity index (χ4n) is 3.14. The van der Waals surface area contributed by atoms with E-state index in [0.29, 0.717) is 110 Å². The summed E-state index contributed by atoms with van der Waals surface area (Å²) in [6, 6.07) is 0. The lowest BCUT2D eigenvalue weighted by Crippen LogP contribution is -2.32. The first-order valence-electron chi connectivity index (χ1n) is 14.4. The molecule has 0 unspecified atom stereocenters. The third-order valence-electron chi connectivity index (χ3n) is 5.31. The Kier molecular flexibility index (Phi) is 25.2. The Labute approximate surface area is 251 Å². The van der Waals surface area contributed by atoms with E-state index in [1.165, 1.54) is 0 Å². The molecule has 1 fully saturated rings. The van der Waals surface area contributed by atoms with E-state index in [0.717, 1.165) is 0 Å². The van der Waals surface area contributed by atoms with Crippen LogP contribution >= 0.6 is 0 Å². The SMILES string of the molecule is O=CCCC(=O)NCCOCCOCCOCCOCCOCCOCCOCCOCCC(=O)ON1C(=O)CCC1=O. The highest BCUT2D eigenvalue weighted by Gasteiger charge is 2.32. The molecular weight excluding hydrogens is 576 g/mol. The Morgan fingerprint density at radius 2 is 0.953 bits per heavy atom. The van der Waals surface area contributed by atoms with Crippen LogP contribution in [0, 0.1) is 0 Å². The van der Waals surface area contributed by atoms with Crippen LogP contribution in [-0.2, 0) is 66.7 Å². The standard InChI is InChI=1S/C27H46N2O14/c30-7-1-2-24(31)28-6-9-36-11-13-38-15-17-40-19-21-42-23-22-41-20-18-39-16-14-37-12-10-35-8-5-27(34)43-29-25(32)3-4-26(29)33/h7H,1-6,8-23H2,(H,28,31). The highest BCUT2D eigenvalue weighted by Crippen LogP contribution is 2.12. The highest BCUT2D eigenvalue weighted by molar-refractivity contribution is 6.01. The van der Waals surface area contributed by atoms with Gasteiger partial charge in [-0.15, -0.1) is 5.06 Å². The molecule has 1 rings (SSSR count). The van der Waals surface area contributed by atoms with Crippen LogP contribution in [0.1, 0.15) is 32.1 Å². The van der Waals surface area contributed by atoms with Crippen molar-refractivity contribution in [3.8, 4) is 0 Å². The third kappa shape index (κ3) is 23.6. The zero-order valence-electron chi connectivity index (χ0n) is 24.8. The van der Waals surface area contributed by atoms with Gasteiger partial charge in [0.15, 0.2) is 0 Å². The lowest BCUT2D eigenvalue weighted by atomic mass is 10.3. The Balaban J connectivity index is 1.68. The van der Waals surface area contributed by atoms with Crippen LogP contribution < -0.4 is 5.32 Å². The maximum absolute atomic E-state index is 11.6. The summed E-state index contributed by atoms with van der Waals surface area (Å²) in [7, 11) is 0. The normalized spacial score (nSPS) is 13.1. The molecule has 1 aliphatic rings. The van der Waals surface area contributed by atoms with Crippen molar-refractivity contribution in [1.29, 1.82) is 0 Å². The van der Waals surface area contributed by atoms with Crippen molar-refractivity contribution in [1.82, 2.24) is 10.4 Å². The zero-order chi connectivity index (χ0) is 31.2. The first-order chi connectivity index (χ1) is 21.0. The van der Waals surface area contributed by atoms with Gasteiger partial charge in [0.25, 0.3) is 11.8 Å². The van der Waals surface area contributed by atoms with Gasteiger partial charge in [0, 0.05) is 32.2 Å². The number of hydrogen-bond acceptors (Lipinski definition) is 14. The monoisotopic (exact) mass is 622 g/mol. The minimum absolute atomic E-state index is 0.0556. The van der Waals surface area contributed by atoms with Crippen molar-refractivity contribution in [2.75, 3.05) is 112 Å². The van der Waals surface area contributed by atoms with Crippen LogP contribution in [0.5, 0.6) is 0 Å². The van der Waals surface area contributed by atoms with Gasteiger partial charge in [0.2, 0.25) is 5.91 Å². The molecule has 3 amide bonds. The van der Waals surface area contributed by atoms with Gasteiger partial charge in [-0.2, -0.15) is 0 Å². The molecule has 1 N–H and O–H groups in total. The molecule has 1 heterocycles. The number of rotatable bonds is 31. The summed E-state index contributed by atoms with van der Waals surface area (Å²) < 4.78 is 43.0. The summed E-state index contributed by atoms with van der Waals surface area (Å²) in [6.45, 7) is 6.68. The van der Waals surface area contributed by atoms with Crippen molar-refractivity contribution in [3.63, 3.8) is 0 Å². The van der Waals surface area contributed by atoms with Crippen molar-refractivity contribution >= 4 is 30.0 Å². The van der Waals surface area contributed by atoms with E-state index in [4.69, 9.17) is 42.7 Å². The molecule has 0 saturated carbocycles. The summed E-state index contributed by atoms with van der Waals surface area (Å²) in [5.74, 6) is -1.90. The number of hydrogen-bond donors (Lipinski definition) is 1. The summed E-state index contributed by atoms with van der Waals surface area (Å²) >= 11 is 0. The van der Waals surface area contributed by atoms with Gasteiger partial charge < -0.3 is 52.8 Å². The lowest BCUT2D eigenvalue weighted by Gasteiger charge is -2.12. The van der Waals surface area contributed by atoms with Gasteiger partial charge in [0.05, 0.1) is 112 Å². The number of hydroxylamine groups is 2. The molecule has 1 saturated heterocycles. The fraction of sp³-hybridized carbons (Fsp3) is 0.815. The predicted molar refractivity (Wildman–Crippen MR) is 147 cm³/mol. The quantitative estimate of drug-likeness (QED) is 0.0576. The molecule has 0 radical (unpaired) electrons. The number of carbonyl (C=O) groups is 5. The van der Waals surface area contributed by atoms with Gasteiger partial charge in [-0.3, -0.25) is 14.4 Å². The second-order valence-electron chi connectivity index (χ2n) is 8.75. The number of nitrogens with zero attached hydrogens (tertiary/aromatic N) is 1. The second kappa shape index (κ2) is 28.2. The maximum atomic E-state index is 11.6. The van der Waals surface area contributed by atoms with Crippen molar-refractivity contribution < 1.29 is 66.7 Å². The van der Waals surface area contributed by atoms with Gasteiger partial charge >= 0.3 is 5.97 Å². The van der Waals surface area contributed by atoms with E-state index in [-0.39, 0.29) is 51.2 Å². The van der Waals surface area contributed by atoms with Gasteiger partial charge in [-0.1, -0.05) is 0 Å². The van der Waals surface area contributed by atoms with E-state index in [9.17, 15) is 24.0 Å². The van der Waals surface area contributed by atoms with Crippen molar-refractivity contribution in [2.45, 2.75) is 32.1 Å². The number of nitrogens with one attached hydrogen (secondary N) is 1. The van der Waals surface area contributed by atoms with Crippen LogP contribution in [-0.4, -0.2) is 147 Å². The Morgan fingerprint density at radius 3 is 1.35 bits per heavy atom. The highest BCUT2D eigenvalue weighted by atomic mass is 16.7. The maximum Gasteiger partial charge on any atom is 0.335 e. The molecule has 0 aliphatic carbocycles. The number of carbonyl (C=O) groups excluding carboxylic acids is 5. The molecule has 0 aromatic carbocycles. The van der Waals surface area contributed by atoms with Crippen LogP contribution in [0.2, 0.25) is 0 Å². The van der Waals surface area contributed by atoms with E-state index in [2.05, 4.69) is 5.32 Å².